The van der Waals surface area contributed by atoms with Crippen molar-refractivity contribution in [1.29, 1.82) is 0 Å². The smallest absolute Gasteiger partial charge is 0.224 e. The zero-order valence-electron chi connectivity index (χ0n) is 16.8. The highest BCUT2D eigenvalue weighted by Gasteiger charge is 2.22. The summed E-state index contributed by atoms with van der Waals surface area (Å²) in [5.74, 6) is 0.309. The Bertz CT molecular complexity index is 831. The Balaban J connectivity index is 1.52. The molecule has 2 aromatic rings. The zero-order chi connectivity index (χ0) is 20.8. The van der Waals surface area contributed by atoms with Crippen molar-refractivity contribution in [1.82, 2.24) is 4.90 Å². The molecular weight excluding hydrogens is 373 g/mol. The van der Waals surface area contributed by atoms with Gasteiger partial charge in [0.15, 0.2) is 0 Å². The highest BCUT2D eigenvalue weighted by atomic mass is 19.1. The average molecular weight is 399 g/mol. The summed E-state index contributed by atoms with van der Waals surface area (Å²) in [6.45, 7) is 4.52. The Morgan fingerprint density at radius 1 is 1.00 bits per heavy atom. The number of piperazine rings is 1. The van der Waals surface area contributed by atoms with Crippen LogP contribution in [0.25, 0.3) is 0 Å². The topological polar surface area (TPSA) is 53.1 Å². The molecule has 6 nitrogen and oxygen atoms in total. The number of carbonyl (C=O) groups excluding carboxylic acids is 2. The van der Waals surface area contributed by atoms with Gasteiger partial charge < -0.3 is 19.4 Å². The first-order valence-corrected chi connectivity index (χ1v) is 9.68. The quantitative estimate of drug-likeness (QED) is 0.750. The number of methoxy groups -OCH3 is 1. The number of carbonyl (C=O) groups is 2. The number of hydrogen-bond acceptors (Lipinski definition) is 4. The fourth-order valence-corrected chi connectivity index (χ4v) is 3.46. The maximum absolute atomic E-state index is 13.1. The molecule has 0 atom stereocenters. The highest BCUT2D eigenvalue weighted by molar-refractivity contribution is 5.92. The zero-order valence-corrected chi connectivity index (χ0v) is 16.8. The summed E-state index contributed by atoms with van der Waals surface area (Å²) in [4.78, 5) is 30.2. The minimum atomic E-state index is -0.358. The number of ether oxygens (including phenoxy) is 1. The lowest BCUT2D eigenvalue weighted by Crippen LogP contribution is -2.49. The van der Waals surface area contributed by atoms with Crippen molar-refractivity contribution in [3.8, 4) is 5.75 Å². The van der Waals surface area contributed by atoms with Gasteiger partial charge in [0.25, 0.3) is 0 Å². The molecule has 0 N–H and O–H groups in total. The molecule has 3 rings (SSSR count). The molecule has 0 radical (unpaired) electrons. The van der Waals surface area contributed by atoms with E-state index < -0.39 is 0 Å². The fourth-order valence-electron chi connectivity index (χ4n) is 3.46. The molecule has 0 unspecified atom stereocenters. The van der Waals surface area contributed by atoms with Gasteiger partial charge in [-0.05, 0) is 48.5 Å². The van der Waals surface area contributed by atoms with Crippen LogP contribution in [0.2, 0.25) is 0 Å². The van der Waals surface area contributed by atoms with Crippen molar-refractivity contribution in [2.75, 3.05) is 49.6 Å². The Morgan fingerprint density at radius 3 is 2.17 bits per heavy atom. The third-order valence-electron chi connectivity index (χ3n) is 5.14. The molecule has 0 aromatic heterocycles. The van der Waals surface area contributed by atoms with E-state index in [1.165, 1.54) is 24.0 Å². The summed E-state index contributed by atoms with van der Waals surface area (Å²) < 4.78 is 18.3. The van der Waals surface area contributed by atoms with Crippen LogP contribution in [-0.2, 0) is 9.59 Å². The maximum atomic E-state index is 13.1. The average Bonchev–Trinajstić information content (AvgIpc) is 2.75. The number of benzene rings is 2. The van der Waals surface area contributed by atoms with Gasteiger partial charge in [0.1, 0.15) is 11.6 Å². The lowest BCUT2D eigenvalue weighted by molar-refractivity contribution is -0.131. The standard InChI is InChI=1S/C22H26FN3O3/c1-17(27)26(20-5-3-18(23)4-6-20)12-11-22(28)25-15-13-24(14-16-25)19-7-9-21(29-2)10-8-19/h3-10H,11-16H2,1-2H3. The molecule has 7 heteroatoms. The molecule has 0 saturated carbocycles. The van der Waals surface area contributed by atoms with Crippen molar-refractivity contribution < 1.29 is 18.7 Å². The third kappa shape index (κ3) is 5.25. The van der Waals surface area contributed by atoms with Crippen LogP contribution in [0.3, 0.4) is 0 Å². The van der Waals surface area contributed by atoms with E-state index in [2.05, 4.69) is 4.90 Å². The summed E-state index contributed by atoms with van der Waals surface area (Å²) in [6, 6.07) is 13.6. The monoisotopic (exact) mass is 399 g/mol. The first-order valence-electron chi connectivity index (χ1n) is 9.68. The minimum absolute atomic E-state index is 0.0211. The molecule has 1 saturated heterocycles. The van der Waals surface area contributed by atoms with Crippen LogP contribution in [0.1, 0.15) is 13.3 Å². The van der Waals surface area contributed by atoms with Crippen LogP contribution in [0.15, 0.2) is 48.5 Å². The second-order valence-corrected chi connectivity index (χ2v) is 6.96. The van der Waals surface area contributed by atoms with E-state index in [4.69, 9.17) is 4.74 Å². The number of rotatable bonds is 6. The van der Waals surface area contributed by atoms with Gasteiger partial charge in [-0.2, -0.15) is 0 Å². The van der Waals surface area contributed by atoms with E-state index in [9.17, 15) is 14.0 Å². The van der Waals surface area contributed by atoms with E-state index in [0.717, 1.165) is 24.5 Å². The minimum Gasteiger partial charge on any atom is -0.497 e. The molecule has 154 valence electrons. The molecule has 2 aromatic carbocycles. The summed E-state index contributed by atoms with van der Waals surface area (Å²) in [6.07, 6.45) is 0.236. The van der Waals surface area contributed by atoms with Crippen molar-refractivity contribution in [3.05, 3.63) is 54.3 Å². The lowest BCUT2D eigenvalue weighted by Gasteiger charge is -2.36. The van der Waals surface area contributed by atoms with Crippen LogP contribution in [0, 0.1) is 5.82 Å². The van der Waals surface area contributed by atoms with Crippen LogP contribution in [0.4, 0.5) is 15.8 Å². The van der Waals surface area contributed by atoms with Crippen LogP contribution in [0.5, 0.6) is 5.75 Å². The van der Waals surface area contributed by atoms with Gasteiger partial charge in [-0.1, -0.05) is 0 Å². The Hall–Kier alpha value is -3.09. The Kier molecular flexibility index (Phi) is 6.69. The van der Waals surface area contributed by atoms with Crippen molar-refractivity contribution in [2.45, 2.75) is 13.3 Å². The number of amides is 2. The van der Waals surface area contributed by atoms with E-state index in [-0.39, 0.29) is 30.6 Å². The van der Waals surface area contributed by atoms with Crippen molar-refractivity contribution >= 4 is 23.2 Å². The van der Waals surface area contributed by atoms with Gasteiger partial charge >= 0.3 is 0 Å². The largest absolute Gasteiger partial charge is 0.497 e. The Morgan fingerprint density at radius 2 is 1.62 bits per heavy atom. The van der Waals surface area contributed by atoms with Crippen LogP contribution < -0.4 is 14.5 Å². The molecule has 0 aliphatic carbocycles. The molecule has 1 fully saturated rings. The molecule has 1 aliphatic rings. The van der Waals surface area contributed by atoms with Crippen LogP contribution >= 0.6 is 0 Å². The first kappa shape index (κ1) is 20.6. The maximum Gasteiger partial charge on any atom is 0.224 e. The van der Waals surface area contributed by atoms with Crippen LogP contribution in [-0.4, -0.2) is 56.5 Å². The predicted octanol–water partition coefficient (Wildman–Crippen LogP) is 2.93. The number of hydrogen-bond donors (Lipinski definition) is 0. The van der Waals surface area contributed by atoms with E-state index in [1.807, 2.05) is 29.2 Å². The third-order valence-corrected chi connectivity index (χ3v) is 5.14. The molecular formula is C22H26FN3O3. The fraction of sp³-hybridized carbons (Fsp3) is 0.364. The van der Waals surface area contributed by atoms with Crippen molar-refractivity contribution in [3.63, 3.8) is 0 Å². The van der Waals surface area contributed by atoms with Gasteiger partial charge in [-0.15, -0.1) is 0 Å². The molecule has 1 heterocycles. The Labute approximate surface area is 170 Å². The normalized spacial score (nSPS) is 13.9. The first-order chi connectivity index (χ1) is 14.0. The predicted molar refractivity (Wildman–Crippen MR) is 111 cm³/mol. The molecule has 2 amide bonds. The SMILES string of the molecule is COc1ccc(N2CCN(C(=O)CCN(C(C)=O)c3ccc(F)cc3)CC2)cc1. The number of nitrogens with zero attached hydrogens (tertiary/aromatic N) is 3. The molecule has 0 bridgehead atoms. The van der Waals surface area contributed by atoms with Gasteiger partial charge in [0.2, 0.25) is 11.8 Å². The van der Waals surface area contributed by atoms with Gasteiger partial charge in [0.05, 0.1) is 7.11 Å². The highest BCUT2D eigenvalue weighted by Crippen LogP contribution is 2.21. The van der Waals surface area contributed by atoms with Gasteiger partial charge in [-0.25, -0.2) is 4.39 Å². The second kappa shape index (κ2) is 9.41. The molecule has 29 heavy (non-hydrogen) atoms. The lowest BCUT2D eigenvalue weighted by atomic mass is 10.2. The van der Waals surface area contributed by atoms with E-state index in [1.54, 1.807) is 19.2 Å². The molecule has 0 spiro atoms. The van der Waals surface area contributed by atoms with E-state index in [0.29, 0.717) is 18.8 Å². The van der Waals surface area contributed by atoms with Crippen molar-refractivity contribution in [2.24, 2.45) is 0 Å². The molecule has 1 aliphatic heterocycles. The van der Waals surface area contributed by atoms with E-state index >= 15 is 0 Å². The summed E-state index contributed by atoms with van der Waals surface area (Å²) >= 11 is 0. The van der Waals surface area contributed by atoms with Gasteiger partial charge in [0, 0.05) is 57.4 Å². The summed E-state index contributed by atoms with van der Waals surface area (Å²) in [5, 5.41) is 0. The number of anilines is 2. The summed E-state index contributed by atoms with van der Waals surface area (Å²) in [5.41, 5.74) is 1.70. The number of halogens is 1. The van der Waals surface area contributed by atoms with Gasteiger partial charge in [-0.3, -0.25) is 9.59 Å². The summed E-state index contributed by atoms with van der Waals surface area (Å²) in [7, 11) is 1.64. The second-order valence-electron chi connectivity index (χ2n) is 6.96.